The first-order chi connectivity index (χ1) is 6.02. The van der Waals surface area contributed by atoms with Crippen molar-refractivity contribution in [1.29, 1.82) is 0 Å². The summed E-state index contributed by atoms with van der Waals surface area (Å²) >= 11 is 0. The summed E-state index contributed by atoms with van der Waals surface area (Å²) in [5, 5.41) is 0. The molecule has 0 saturated carbocycles. The number of hydrogen-bond acceptors (Lipinski definition) is 3. The quantitative estimate of drug-likeness (QED) is 0.626. The van der Waals surface area contributed by atoms with E-state index in [1.54, 1.807) is 0 Å². The van der Waals surface area contributed by atoms with Gasteiger partial charge >= 0.3 is 5.97 Å². The van der Waals surface area contributed by atoms with E-state index in [2.05, 4.69) is 6.92 Å². The normalized spacial score (nSPS) is 19.7. The molecule has 0 aliphatic carbocycles. The number of rotatable bonds is 4. The summed E-state index contributed by atoms with van der Waals surface area (Å²) in [5.74, 6) is 0.279. The van der Waals surface area contributed by atoms with Crippen molar-refractivity contribution in [3.8, 4) is 0 Å². The Kier molecular flexibility index (Phi) is 3.31. The third-order valence-electron chi connectivity index (χ3n) is 2.06. The summed E-state index contributed by atoms with van der Waals surface area (Å²) in [5.41, 5.74) is 0.0760. The van der Waals surface area contributed by atoms with E-state index in [1.165, 1.54) is 0 Å². The zero-order chi connectivity index (χ0) is 9.90. The zero-order valence-electron chi connectivity index (χ0n) is 8.63. The molecule has 0 aromatic rings. The van der Waals surface area contributed by atoms with Gasteiger partial charge < -0.3 is 9.47 Å². The molecule has 0 atom stereocenters. The van der Waals surface area contributed by atoms with Crippen LogP contribution in [0.3, 0.4) is 0 Å². The van der Waals surface area contributed by atoms with Crippen molar-refractivity contribution in [2.45, 2.75) is 27.2 Å². The Balaban J connectivity index is 2.14. The van der Waals surface area contributed by atoms with E-state index in [-0.39, 0.29) is 11.4 Å². The van der Waals surface area contributed by atoms with Gasteiger partial charge in [0.1, 0.15) is 6.61 Å². The molecular weight excluding hydrogens is 168 g/mol. The second-order valence-electron chi connectivity index (χ2n) is 4.56. The summed E-state index contributed by atoms with van der Waals surface area (Å²) < 4.78 is 10.2. The summed E-state index contributed by atoms with van der Waals surface area (Å²) in [6.45, 7) is 8.01. The maximum Gasteiger partial charge on any atom is 0.306 e. The Morgan fingerprint density at radius 1 is 1.54 bits per heavy atom. The van der Waals surface area contributed by atoms with Crippen molar-refractivity contribution >= 4 is 5.97 Å². The second kappa shape index (κ2) is 4.09. The number of carbonyl (C=O) groups excluding carboxylic acids is 1. The molecule has 0 aromatic carbocycles. The summed E-state index contributed by atoms with van der Waals surface area (Å²) in [7, 11) is 0. The average Bonchev–Trinajstić information content (AvgIpc) is 1.96. The minimum atomic E-state index is -0.0943. The minimum Gasteiger partial charge on any atom is -0.465 e. The molecule has 0 amide bonds. The van der Waals surface area contributed by atoms with Gasteiger partial charge in [0.25, 0.3) is 0 Å². The molecule has 0 unspecified atom stereocenters. The minimum absolute atomic E-state index is 0.0760. The van der Waals surface area contributed by atoms with Gasteiger partial charge in [-0.25, -0.2) is 0 Å². The Hall–Kier alpha value is -0.570. The predicted octanol–water partition coefficient (Wildman–Crippen LogP) is 1.61. The van der Waals surface area contributed by atoms with Crippen LogP contribution in [0.15, 0.2) is 0 Å². The molecule has 1 rings (SSSR count). The molecule has 1 fully saturated rings. The molecule has 3 heteroatoms. The van der Waals surface area contributed by atoms with Crippen LogP contribution in [-0.2, 0) is 14.3 Å². The van der Waals surface area contributed by atoms with Gasteiger partial charge in [-0.2, -0.15) is 0 Å². The highest BCUT2D eigenvalue weighted by Gasteiger charge is 2.34. The zero-order valence-corrected chi connectivity index (χ0v) is 8.63. The molecular formula is C10H18O3. The first kappa shape index (κ1) is 10.5. The fraction of sp³-hybridized carbons (Fsp3) is 0.900. The lowest BCUT2D eigenvalue weighted by Crippen LogP contribution is -2.44. The lowest BCUT2D eigenvalue weighted by Gasteiger charge is -2.37. The molecule has 1 heterocycles. The Morgan fingerprint density at radius 2 is 2.15 bits per heavy atom. The van der Waals surface area contributed by atoms with E-state index < -0.39 is 0 Å². The molecule has 1 saturated heterocycles. The number of carbonyl (C=O) groups is 1. The van der Waals surface area contributed by atoms with Crippen LogP contribution >= 0.6 is 0 Å². The van der Waals surface area contributed by atoms with Gasteiger partial charge in [0, 0.05) is 11.8 Å². The topological polar surface area (TPSA) is 35.5 Å². The molecule has 0 spiro atoms. The maximum atomic E-state index is 11.2. The fourth-order valence-electron chi connectivity index (χ4n) is 1.18. The number of esters is 1. The predicted molar refractivity (Wildman–Crippen MR) is 49.3 cm³/mol. The molecule has 0 N–H and O–H groups in total. The van der Waals surface area contributed by atoms with E-state index in [0.717, 1.165) is 0 Å². The highest BCUT2D eigenvalue weighted by atomic mass is 16.5. The number of hydrogen-bond donors (Lipinski definition) is 0. The Labute approximate surface area is 79.4 Å². The standard InChI is InChI=1S/C10H18O3/c1-8(2)4-9(11)13-7-10(3)5-12-6-10/h8H,4-7H2,1-3H3. The molecule has 76 valence electrons. The van der Waals surface area contributed by atoms with Crippen LogP contribution < -0.4 is 0 Å². The van der Waals surface area contributed by atoms with Crippen LogP contribution in [0.1, 0.15) is 27.2 Å². The maximum absolute atomic E-state index is 11.2. The number of ether oxygens (including phenoxy) is 2. The highest BCUT2D eigenvalue weighted by Crippen LogP contribution is 2.26. The summed E-state index contributed by atoms with van der Waals surface area (Å²) in [6, 6.07) is 0. The first-order valence-electron chi connectivity index (χ1n) is 4.75. The van der Waals surface area contributed by atoms with E-state index >= 15 is 0 Å². The van der Waals surface area contributed by atoms with E-state index in [9.17, 15) is 4.79 Å². The molecule has 13 heavy (non-hydrogen) atoms. The van der Waals surface area contributed by atoms with Gasteiger partial charge in [0.2, 0.25) is 0 Å². The first-order valence-corrected chi connectivity index (χ1v) is 4.75. The molecule has 0 radical (unpaired) electrons. The van der Waals surface area contributed by atoms with E-state index in [4.69, 9.17) is 9.47 Å². The second-order valence-corrected chi connectivity index (χ2v) is 4.56. The average molecular weight is 186 g/mol. The highest BCUT2D eigenvalue weighted by molar-refractivity contribution is 5.69. The van der Waals surface area contributed by atoms with Gasteiger partial charge in [-0.15, -0.1) is 0 Å². The van der Waals surface area contributed by atoms with Gasteiger partial charge in [-0.05, 0) is 5.92 Å². The molecule has 0 aromatic heterocycles. The van der Waals surface area contributed by atoms with E-state index in [0.29, 0.717) is 32.2 Å². The van der Waals surface area contributed by atoms with Crippen molar-refractivity contribution in [2.24, 2.45) is 11.3 Å². The SMILES string of the molecule is CC(C)CC(=O)OCC1(C)COC1. The third-order valence-corrected chi connectivity index (χ3v) is 2.06. The van der Waals surface area contributed by atoms with Crippen LogP contribution in [0.2, 0.25) is 0 Å². The monoisotopic (exact) mass is 186 g/mol. The summed E-state index contributed by atoms with van der Waals surface area (Å²) in [6.07, 6.45) is 0.511. The van der Waals surface area contributed by atoms with Gasteiger partial charge in [0.05, 0.1) is 13.2 Å². The van der Waals surface area contributed by atoms with Gasteiger partial charge in [0.15, 0.2) is 0 Å². The van der Waals surface area contributed by atoms with Gasteiger partial charge in [-0.3, -0.25) is 4.79 Å². The molecule has 0 bridgehead atoms. The smallest absolute Gasteiger partial charge is 0.306 e. The molecule has 3 nitrogen and oxygen atoms in total. The van der Waals surface area contributed by atoms with Crippen LogP contribution in [-0.4, -0.2) is 25.8 Å². The van der Waals surface area contributed by atoms with Gasteiger partial charge in [-0.1, -0.05) is 20.8 Å². The molecule has 1 aliphatic heterocycles. The summed E-state index contributed by atoms with van der Waals surface area (Å²) in [4.78, 5) is 11.2. The van der Waals surface area contributed by atoms with Crippen LogP contribution in [0.5, 0.6) is 0 Å². The van der Waals surface area contributed by atoms with Crippen molar-refractivity contribution in [1.82, 2.24) is 0 Å². The Bertz CT molecular complexity index is 183. The fourth-order valence-corrected chi connectivity index (χ4v) is 1.18. The lowest BCUT2D eigenvalue weighted by atomic mass is 9.90. The van der Waals surface area contributed by atoms with Crippen molar-refractivity contribution in [3.05, 3.63) is 0 Å². The van der Waals surface area contributed by atoms with E-state index in [1.807, 2.05) is 13.8 Å². The lowest BCUT2D eigenvalue weighted by molar-refractivity contribution is -0.165. The third kappa shape index (κ3) is 3.35. The largest absolute Gasteiger partial charge is 0.465 e. The van der Waals surface area contributed by atoms with Crippen molar-refractivity contribution < 1.29 is 14.3 Å². The van der Waals surface area contributed by atoms with Crippen molar-refractivity contribution in [2.75, 3.05) is 19.8 Å². The Morgan fingerprint density at radius 3 is 2.54 bits per heavy atom. The molecule has 1 aliphatic rings. The van der Waals surface area contributed by atoms with Crippen LogP contribution in [0, 0.1) is 11.3 Å². The van der Waals surface area contributed by atoms with Crippen molar-refractivity contribution in [3.63, 3.8) is 0 Å². The van der Waals surface area contributed by atoms with Crippen LogP contribution in [0.25, 0.3) is 0 Å². The van der Waals surface area contributed by atoms with Crippen LogP contribution in [0.4, 0.5) is 0 Å².